The SMILES string of the molecule is Clc1nc(-c2ccc3ccccc3c2)c2ccccc2n1.[2H]CF.[H-].[Na+].c1ccc(-n2c3ccccc3c3c4c(ccc32)[nH]c2ccccc24)cc1.c1ccc(-n2c3ccccc3c3c4c5ccccc5n(-c5nc(-c6ccc7ccccc7c6)c6ccccc6n5)c4ccc32)cc1. The van der Waals surface area contributed by atoms with Gasteiger partial charge in [-0.15, -0.1) is 0 Å². The van der Waals surface area contributed by atoms with Crippen LogP contribution >= 0.6 is 11.6 Å². The van der Waals surface area contributed by atoms with E-state index in [0.717, 1.165) is 61.0 Å². The minimum Gasteiger partial charge on any atom is -1.00 e. The Balaban J connectivity index is 0.000000127. The van der Waals surface area contributed by atoms with E-state index in [2.05, 4.69) is 308 Å². The zero-order valence-corrected chi connectivity index (χ0v) is 54.9. The van der Waals surface area contributed by atoms with Crippen molar-refractivity contribution in [3.63, 3.8) is 0 Å². The summed E-state index contributed by atoms with van der Waals surface area (Å²) in [5.41, 5.74) is 17.5. The van der Waals surface area contributed by atoms with Gasteiger partial charge >= 0.3 is 29.6 Å². The summed E-state index contributed by atoms with van der Waals surface area (Å²) < 4.78 is 22.5. The number of aromatic nitrogens is 8. The molecule has 8 nitrogen and oxygen atoms in total. The Morgan fingerprint density at radius 2 is 0.719 bits per heavy atom. The van der Waals surface area contributed by atoms with Crippen molar-refractivity contribution in [2.45, 2.75) is 0 Å². The van der Waals surface area contributed by atoms with Gasteiger partial charge in [0.2, 0.25) is 11.2 Å². The van der Waals surface area contributed by atoms with Crippen LogP contribution in [0.25, 0.3) is 170 Å². The molecule has 20 rings (SSSR count). The van der Waals surface area contributed by atoms with Crippen LogP contribution in [-0.4, -0.2) is 45.8 Å². The van der Waals surface area contributed by atoms with Gasteiger partial charge in [0, 0.05) is 87.4 Å². The molecular weight excluding hydrogens is 1210 g/mol. The Kier molecular flexibility index (Phi) is 15.4. The molecule has 452 valence electrons. The zero-order valence-electron chi connectivity index (χ0n) is 54.1. The van der Waals surface area contributed by atoms with E-state index in [1.165, 1.54) is 103 Å². The van der Waals surface area contributed by atoms with Crippen molar-refractivity contribution in [3.8, 4) is 39.8 Å². The van der Waals surface area contributed by atoms with Crippen LogP contribution in [0.5, 0.6) is 0 Å². The molecule has 0 saturated heterocycles. The Bertz CT molecular complexity index is 6390. The van der Waals surface area contributed by atoms with E-state index in [1.807, 2.05) is 36.4 Å². The molecule has 0 saturated carbocycles. The van der Waals surface area contributed by atoms with Crippen molar-refractivity contribution in [1.82, 2.24) is 38.6 Å². The molecule has 14 aromatic carbocycles. The third-order valence-corrected chi connectivity index (χ3v) is 18.4. The fourth-order valence-corrected chi connectivity index (χ4v) is 14.3. The minimum atomic E-state index is -1.00. The summed E-state index contributed by atoms with van der Waals surface area (Å²) in [6, 6.07) is 111. The van der Waals surface area contributed by atoms with E-state index in [-0.39, 0.29) is 36.3 Å². The smallest absolute Gasteiger partial charge is 1.00 e. The van der Waals surface area contributed by atoms with E-state index in [9.17, 15) is 4.39 Å². The summed E-state index contributed by atoms with van der Waals surface area (Å²) in [5.74, 6) is 0.666. The Hall–Kier alpha value is -11.3. The molecule has 0 aliphatic carbocycles. The van der Waals surface area contributed by atoms with Gasteiger partial charge < -0.3 is 15.5 Å². The summed E-state index contributed by atoms with van der Waals surface area (Å²) in [6.45, 7) is 0. The first-order valence-corrected chi connectivity index (χ1v) is 31.9. The number of hydrogen-bond acceptors (Lipinski definition) is 4. The molecule has 1 N–H and O–H groups in total. The number of halogens is 2. The molecule has 20 aromatic rings. The summed E-state index contributed by atoms with van der Waals surface area (Å²) in [6.07, 6.45) is 0. The van der Waals surface area contributed by atoms with Gasteiger partial charge in [0.05, 0.1) is 64.0 Å². The van der Waals surface area contributed by atoms with E-state index in [4.69, 9.17) is 22.9 Å². The topological polar surface area (TPSA) is 82.1 Å². The van der Waals surface area contributed by atoms with Crippen molar-refractivity contribution < 1.29 is 36.7 Å². The summed E-state index contributed by atoms with van der Waals surface area (Å²) >= 11 is 6.07. The molecule has 0 aliphatic heterocycles. The number of nitrogens with one attached hydrogen (secondary N) is 1. The predicted molar refractivity (Wildman–Crippen MR) is 397 cm³/mol. The summed E-state index contributed by atoms with van der Waals surface area (Å²) in [5, 5.41) is 17.2. The van der Waals surface area contributed by atoms with Gasteiger partial charge in [-0.25, -0.2) is 19.9 Å². The molecule has 0 fully saturated rings. The van der Waals surface area contributed by atoms with Crippen LogP contribution in [0.1, 0.15) is 2.80 Å². The Labute approximate surface area is 581 Å². The van der Waals surface area contributed by atoms with Gasteiger partial charge in [0.1, 0.15) is 0 Å². The van der Waals surface area contributed by atoms with Crippen LogP contribution in [0, 0.1) is 0 Å². The third kappa shape index (κ3) is 10.2. The number of para-hydroxylation sites is 8. The van der Waals surface area contributed by atoms with Crippen LogP contribution in [0.4, 0.5) is 4.39 Å². The second kappa shape index (κ2) is 25.2. The summed E-state index contributed by atoms with van der Waals surface area (Å²) in [4.78, 5) is 22.9. The Morgan fingerprint density at radius 1 is 0.333 bits per heavy atom. The van der Waals surface area contributed by atoms with Gasteiger partial charge in [0.25, 0.3) is 0 Å². The summed E-state index contributed by atoms with van der Waals surface area (Å²) in [7, 11) is -1.00. The largest absolute Gasteiger partial charge is 1.00 e. The molecule has 0 bridgehead atoms. The van der Waals surface area contributed by atoms with Crippen molar-refractivity contribution in [3.05, 3.63) is 321 Å². The Morgan fingerprint density at radius 3 is 1.25 bits per heavy atom. The zero-order chi connectivity index (χ0) is 64.2. The van der Waals surface area contributed by atoms with Crippen molar-refractivity contribution >= 4 is 142 Å². The average Bonchev–Trinajstić information content (AvgIpc) is 1.55. The van der Waals surface area contributed by atoms with Crippen molar-refractivity contribution in [1.29, 1.82) is 0 Å². The second-order valence-corrected chi connectivity index (χ2v) is 23.8. The standard InChI is InChI=1S/C42H26N4.C24H16N2.C18H11ClN2.CH3F.Na.H/c1-2-14-30(15-3-1)45-35-20-10-7-17-32(35)39-37(45)24-25-38-40(39)33-18-8-11-21-36(33)46(38)42-43-34-19-9-6-16-31(34)41(44-42)29-23-22-27-12-4-5-13-28(27)26-29;1-2-8-16(9-3-1)26-21-13-7-5-11-18(21)24-22(26)15-14-20-23(24)17-10-4-6-12-19(17)25-20;19-18-20-16-8-4-3-7-15(16)17(21-18)14-10-9-12-5-1-2-6-13(12)11-14;1-2;;/h1-26H;1-15,25H;1-11H;1H3;;/q;;;;+1;-1/i;;;1D;;. The molecule has 6 heterocycles. The van der Waals surface area contributed by atoms with Crippen LogP contribution in [0.15, 0.2) is 315 Å². The molecule has 0 amide bonds. The number of hydrogen-bond donors (Lipinski definition) is 1. The van der Waals surface area contributed by atoms with Gasteiger partial charge in [0.15, 0.2) is 0 Å². The maximum absolute atomic E-state index is 9.96. The number of fused-ring (bicyclic) bond motifs is 18. The first-order valence-electron chi connectivity index (χ1n) is 32.2. The molecule has 0 radical (unpaired) electrons. The predicted octanol–water partition coefficient (Wildman–Crippen LogP) is 19.9. The maximum Gasteiger partial charge on any atom is 1.00 e. The van der Waals surface area contributed by atoms with Gasteiger partial charge in [-0.2, -0.15) is 0 Å². The molecule has 11 heteroatoms. The average molecular weight is 1270 g/mol. The molecule has 0 unspecified atom stereocenters. The van der Waals surface area contributed by atoms with E-state index < -0.39 is 7.15 Å². The van der Waals surface area contributed by atoms with E-state index in [1.54, 1.807) is 0 Å². The van der Waals surface area contributed by atoms with Crippen molar-refractivity contribution in [2.75, 3.05) is 7.15 Å². The normalized spacial score (nSPS) is 11.5. The fourth-order valence-electron chi connectivity index (χ4n) is 14.2. The molecule has 96 heavy (non-hydrogen) atoms. The maximum atomic E-state index is 9.96. The van der Waals surface area contributed by atoms with Crippen LogP contribution in [0.2, 0.25) is 5.28 Å². The molecule has 6 aromatic heterocycles. The number of nitrogens with zero attached hydrogens (tertiary/aromatic N) is 7. The monoisotopic (exact) mass is 1270 g/mol. The number of benzene rings is 14. The first-order chi connectivity index (χ1) is 47.5. The van der Waals surface area contributed by atoms with Crippen molar-refractivity contribution in [2.24, 2.45) is 0 Å². The van der Waals surface area contributed by atoms with E-state index >= 15 is 0 Å². The fraction of sp³-hybridized carbons (Fsp3) is 0.0118. The van der Waals surface area contributed by atoms with Gasteiger partial charge in [-0.05, 0) is 130 Å². The minimum absolute atomic E-state index is 0. The number of aromatic amines is 1. The van der Waals surface area contributed by atoms with Crippen LogP contribution in [-0.2, 0) is 0 Å². The van der Waals surface area contributed by atoms with E-state index in [0.29, 0.717) is 5.95 Å². The number of alkyl halides is 1. The molecule has 0 atom stereocenters. The number of H-pyrrole nitrogens is 1. The number of rotatable bonds is 5. The molecule has 0 spiro atoms. The quantitative estimate of drug-likeness (QED) is 0.137. The van der Waals surface area contributed by atoms with Crippen LogP contribution in [0.3, 0.4) is 0 Å². The first kappa shape index (κ1) is 58.5. The van der Waals surface area contributed by atoms with Gasteiger partial charge in [-0.1, -0.05) is 218 Å². The van der Waals surface area contributed by atoms with Crippen LogP contribution < -0.4 is 29.6 Å². The molecular formula is C85H57ClFN8Na. The second-order valence-electron chi connectivity index (χ2n) is 23.5. The molecule has 0 aliphatic rings. The van der Waals surface area contributed by atoms with Gasteiger partial charge in [-0.3, -0.25) is 8.96 Å². The third-order valence-electron chi connectivity index (χ3n) is 18.2.